The highest BCUT2D eigenvalue weighted by atomic mass is 35.5. The van der Waals surface area contributed by atoms with Crippen LogP contribution in [0.2, 0.25) is 5.02 Å². The van der Waals surface area contributed by atoms with E-state index in [9.17, 15) is 5.11 Å². The molecule has 0 amide bonds. The quantitative estimate of drug-likeness (QED) is 0.810. The van der Waals surface area contributed by atoms with Crippen molar-refractivity contribution in [3.8, 4) is 0 Å². The normalized spacial score (nSPS) is 15.2. The Hall–Kier alpha value is -0.570. The first-order chi connectivity index (χ1) is 6.56. The molecule has 0 bridgehead atoms. The lowest BCUT2D eigenvalue weighted by Gasteiger charge is -2.18. The average Bonchev–Trinajstić information content (AvgIpc) is 2.15. The van der Waals surface area contributed by atoms with Crippen LogP contribution in [-0.4, -0.2) is 11.1 Å². The number of aliphatic hydroxyl groups excluding tert-OH is 1. The zero-order valence-electron chi connectivity index (χ0n) is 8.50. The third-order valence-electron chi connectivity index (χ3n) is 2.35. The van der Waals surface area contributed by atoms with Crippen molar-refractivity contribution in [1.29, 1.82) is 0 Å². The van der Waals surface area contributed by atoms with Gasteiger partial charge in [-0.3, -0.25) is 0 Å². The van der Waals surface area contributed by atoms with Crippen LogP contribution >= 0.6 is 11.6 Å². The van der Waals surface area contributed by atoms with Gasteiger partial charge in [-0.1, -0.05) is 30.7 Å². The van der Waals surface area contributed by atoms with Gasteiger partial charge in [0.1, 0.15) is 0 Å². The smallest absolute Gasteiger partial charge is 0.0955 e. The maximum absolute atomic E-state index is 9.85. The van der Waals surface area contributed by atoms with Crippen molar-refractivity contribution >= 4 is 11.6 Å². The summed E-state index contributed by atoms with van der Waals surface area (Å²) in [5, 5.41) is 10.4. The van der Waals surface area contributed by atoms with E-state index in [2.05, 4.69) is 0 Å². The molecule has 1 aromatic carbocycles. The summed E-state index contributed by atoms with van der Waals surface area (Å²) in [6.07, 6.45) is 0.0545. The van der Waals surface area contributed by atoms with Crippen LogP contribution in [0, 0.1) is 6.92 Å². The van der Waals surface area contributed by atoms with E-state index in [1.165, 1.54) is 0 Å². The molecule has 14 heavy (non-hydrogen) atoms. The van der Waals surface area contributed by atoms with Crippen molar-refractivity contribution in [3.63, 3.8) is 0 Å². The van der Waals surface area contributed by atoms with E-state index in [-0.39, 0.29) is 6.04 Å². The predicted molar refractivity (Wildman–Crippen MR) is 59.4 cm³/mol. The monoisotopic (exact) mass is 213 g/mol. The molecule has 1 aromatic rings. The summed E-state index contributed by atoms with van der Waals surface area (Å²) < 4.78 is 0. The minimum atomic E-state index is -0.673. The molecule has 0 radical (unpaired) electrons. The van der Waals surface area contributed by atoms with E-state index in [0.29, 0.717) is 10.6 Å². The zero-order valence-corrected chi connectivity index (χ0v) is 9.25. The maximum Gasteiger partial charge on any atom is 0.0955 e. The van der Waals surface area contributed by atoms with Gasteiger partial charge < -0.3 is 10.8 Å². The number of rotatable bonds is 3. The second kappa shape index (κ2) is 4.78. The first kappa shape index (κ1) is 11.5. The molecule has 2 unspecified atom stereocenters. The number of nitrogens with two attached hydrogens (primary N) is 1. The molecule has 0 fully saturated rings. The van der Waals surface area contributed by atoms with E-state index >= 15 is 0 Å². The first-order valence-corrected chi connectivity index (χ1v) is 5.13. The lowest BCUT2D eigenvalue weighted by Crippen LogP contribution is -2.27. The van der Waals surface area contributed by atoms with Crippen LogP contribution in [0.25, 0.3) is 0 Å². The second-order valence-corrected chi connectivity index (χ2v) is 3.95. The summed E-state index contributed by atoms with van der Waals surface area (Å²) in [4.78, 5) is 0. The number of aryl methyl sites for hydroxylation is 1. The van der Waals surface area contributed by atoms with Gasteiger partial charge in [-0.25, -0.2) is 0 Å². The Morgan fingerprint density at radius 1 is 1.50 bits per heavy atom. The maximum atomic E-state index is 9.85. The Morgan fingerprint density at radius 2 is 2.14 bits per heavy atom. The summed E-state index contributed by atoms with van der Waals surface area (Å²) in [6, 6.07) is 5.34. The highest BCUT2D eigenvalue weighted by Gasteiger charge is 2.17. The molecule has 0 aliphatic rings. The van der Waals surface area contributed by atoms with Crippen molar-refractivity contribution < 1.29 is 5.11 Å². The van der Waals surface area contributed by atoms with Crippen LogP contribution in [-0.2, 0) is 0 Å². The third kappa shape index (κ3) is 2.47. The topological polar surface area (TPSA) is 46.2 Å². The molecule has 3 N–H and O–H groups in total. The Labute approximate surface area is 89.7 Å². The van der Waals surface area contributed by atoms with Crippen molar-refractivity contribution in [2.24, 2.45) is 5.73 Å². The molecule has 1 rings (SSSR count). The fourth-order valence-corrected chi connectivity index (χ4v) is 1.67. The SMILES string of the molecule is CCC(N)C(O)c1ccc(C)cc1Cl. The molecule has 0 saturated heterocycles. The summed E-state index contributed by atoms with van der Waals surface area (Å²) in [6.45, 7) is 3.90. The van der Waals surface area contributed by atoms with Crippen LogP contribution in [0.5, 0.6) is 0 Å². The van der Waals surface area contributed by atoms with Crippen molar-refractivity contribution in [1.82, 2.24) is 0 Å². The van der Waals surface area contributed by atoms with Crippen molar-refractivity contribution in [2.75, 3.05) is 0 Å². The van der Waals surface area contributed by atoms with Gasteiger partial charge in [0.2, 0.25) is 0 Å². The molecule has 0 spiro atoms. The minimum Gasteiger partial charge on any atom is -0.387 e. The van der Waals surface area contributed by atoms with E-state index in [0.717, 1.165) is 12.0 Å². The summed E-state index contributed by atoms with van der Waals surface area (Å²) in [5.41, 5.74) is 7.54. The molecule has 0 saturated carbocycles. The molecule has 2 atom stereocenters. The van der Waals surface area contributed by atoms with Crippen LogP contribution in [0.1, 0.15) is 30.6 Å². The summed E-state index contributed by atoms with van der Waals surface area (Å²) >= 11 is 6.01. The standard InChI is InChI=1S/C11H16ClNO/c1-3-10(13)11(14)8-5-4-7(2)6-9(8)12/h4-6,10-11,14H,3,13H2,1-2H3. The fraction of sp³-hybridized carbons (Fsp3) is 0.455. The van der Waals surface area contributed by atoms with Crippen LogP contribution in [0.4, 0.5) is 0 Å². The number of halogens is 1. The molecule has 0 aliphatic carbocycles. The highest BCUT2D eigenvalue weighted by Crippen LogP contribution is 2.26. The van der Waals surface area contributed by atoms with Crippen LogP contribution in [0.3, 0.4) is 0 Å². The van der Waals surface area contributed by atoms with E-state index in [1.807, 2.05) is 32.0 Å². The summed E-state index contributed by atoms with van der Waals surface area (Å²) in [5.74, 6) is 0. The number of hydrogen-bond acceptors (Lipinski definition) is 2. The van der Waals surface area contributed by atoms with Gasteiger partial charge in [0.05, 0.1) is 6.10 Å². The molecule has 78 valence electrons. The van der Waals surface area contributed by atoms with Crippen molar-refractivity contribution in [2.45, 2.75) is 32.4 Å². The van der Waals surface area contributed by atoms with Gasteiger partial charge in [0.15, 0.2) is 0 Å². The lowest BCUT2D eigenvalue weighted by atomic mass is 10.00. The summed E-state index contributed by atoms with van der Waals surface area (Å²) in [7, 11) is 0. The van der Waals surface area contributed by atoms with E-state index in [1.54, 1.807) is 0 Å². The Balaban J connectivity index is 2.95. The highest BCUT2D eigenvalue weighted by molar-refractivity contribution is 6.31. The van der Waals surface area contributed by atoms with Gasteiger partial charge in [-0.05, 0) is 25.0 Å². The van der Waals surface area contributed by atoms with Gasteiger partial charge in [-0.15, -0.1) is 0 Å². The fourth-order valence-electron chi connectivity index (χ4n) is 1.33. The lowest BCUT2D eigenvalue weighted by molar-refractivity contribution is 0.144. The second-order valence-electron chi connectivity index (χ2n) is 3.54. The molecule has 2 nitrogen and oxygen atoms in total. The van der Waals surface area contributed by atoms with Gasteiger partial charge >= 0.3 is 0 Å². The molecule has 0 heterocycles. The van der Waals surface area contributed by atoms with Gasteiger partial charge in [-0.2, -0.15) is 0 Å². The van der Waals surface area contributed by atoms with Gasteiger partial charge in [0.25, 0.3) is 0 Å². The average molecular weight is 214 g/mol. The number of benzene rings is 1. The van der Waals surface area contributed by atoms with E-state index in [4.69, 9.17) is 17.3 Å². The van der Waals surface area contributed by atoms with Crippen LogP contribution in [0.15, 0.2) is 18.2 Å². The van der Waals surface area contributed by atoms with E-state index < -0.39 is 6.10 Å². The van der Waals surface area contributed by atoms with Crippen LogP contribution < -0.4 is 5.73 Å². The minimum absolute atomic E-state index is 0.254. The van der Waals surface area contributed by atoms with Crippen molar-refractivity contribution in [3.05, 3.63) is 34.3 Å². The first-order valence-electron chi connectivity index (χ1n) is 4.76. The van der Waals surface area contributed by atoms with Gasteiger partial charge in [0, 0.05) is 16.6 Å². The molecule has 0 aromatic heterocycles. The molecular formula is C11H16ClNO. The largest absolute Gasteiger partial charge is 0.387 e. The Kier molecular flexibility index (Phi) is 3.93. The number of aliphatic hydroxyl groups is 1. The third-order valence-corrected chi connectivity index (χ3v) is 2.68. The molecular weight excluding hydrogens is 198 g/mol. The zero-order chi connectivity index (χ0) is 10.7. The Morgan fingerprint density at radius 3 is 2.64 bits per heavy atom. The molecule has 3 heteroatoms. The Bertz CT molecular complexity index is 314. The molecule has 0 aliphatic heterocycles. The predicted octanol–water partition coefficient (Wildman–Crippen LogP) is 2.42. The number of hydrogen-bond donors (Lipinski definition) is 2.